The normalized spacial score (nSPS) is 15.3. The lowest BCUT2D eigenvalue weighted by molar-refractivity contribution is -0.156. The first-order valence-corrected chi connectivity index (χ1v) is 9.76. The molecular weight excluding hydrogens is 386 g/mol. The molecule has 2 N–H and O–H groups in total. The zero-order valence-electron chi connectivity index (χ0n) is 16.9. The van der Waals surface area contributed by atoms with Crippen LogP contribution in [-0.4, -0.2) is 64.1 Å². The third-order valence-electron chi connectivity index (χ3n) is 5.37. The molecule has 10 nitrogen and oxygen atoms in total. The minimum Gasteiger partial charge on any atom is -0.340 e. The number of hydrazine groups is 1. The van der Waals surface area contributed by atoms with Crippen molar-refractivity contribution >= 4 is 29.4 Å². The largest absolute Gasteiger partial charge is 0.340 e. The first kappa shape index (κ1) is 19.6. The van der Waals surface area contributed by atoms with E-state index in [1.54, 1.807) is 18.3 Å². The minimum absolute atomic E-state index is 0.0629. The van der Waals surface area contributed by atoms with E-state index in [-0.39, 0.29) is 23.3 Å². The number of rotatable bonds is 2. The monoisotopic (exact) mass is 409 g/mol. The van der Waals surface area contributed by atoms with E-state index in [1.807, 2.05) is 11.0 Å². The zero-order chi connectivity index (χ0) is 21.4. The minimum atomic E-state index is -0.377. The van der Waals surface area contributed by atoms with Gasteiger partial charge in [0.2, 0.25) is 5.91 Å². The lowest BCUT2D eigenvalue weighted by Crippen LogP contribution is -2.61. The van der Waals surface area contributed by atoms with E-state index in [4.69, 9.17) is 5.41 Å². The van der Waals surface area contributed by atoms with Crippen molar-refractivity contribution in [3.63, 3.8) is 0 Å². The van der Waals surface area contributed by atoms with Gasteiger partial charge in [-0.2, -0.15) is 0 Å². The highest BCUT2D eigenvalue weighted by Crippen LogP contribution is 2.32. The van der Waals surface area contributed by atoms with Crippen molar-refractivity contribution in [3.8, 4) is 0 Å². The van der Waals surface area contributed by atoms with Crippen LogP contribution in [0.2, 0.25) is 0 Å². The standard InChI is InChI=1S/C20H23N7O3/c1-13(28)26-8-9-27(26)19(29)15-10-14-4-3-6-24(18(14)23-12-15)16-5-7-25(17(21)11-16)20(30)22-2/h5,7,10-12,21H,3-4,6,8-9H2,1-2H3,(H,22,30). The van der Waals surface area contributed by atoms with E-state index < -0.39 is 0 Å². The molecule has 0 aromatic carbocycles. The molecule has 2 aliphatic heterocycles. The SMILES string of the molecule is CNC(=O)n1ccc(N2CCCc3cc(C(=O)N4CCN4C(C)=O)cnc32)cc1=N. The van der Waals surface area contributed by atoms with Gasteiger partial charge in [-0.15, -0.1) is 0 Å². The second-order valence-electron chi connectivity index (χ2n) is 7.23. The van der Waals surface area contributed by atoms with Crippen LogP contribution in [0.3, 0.4) is 0 Å². The molecule has 2 aliphatic rings. The molecule has 2 aromatic rings. The molecule has 0 bridgehead atoms. The summed E-state index contributed by atoms with van der Waals surface area (Å²) in [5, 5.41) is 13.5. The van der Waals surface area contributed by atoms with Crippen molar-refractivity contribution < 1.29 is 14.4 Å². The number of amides is 3. The Morgan fingerprint density at radius 3 is 2.53 bits per heavy atom. The molecule has 0 atom stereocenters. The first-order valence-electron chi connectivity index (χ1n) is 9.76. The number of fused-ring (bicyclic) bond motifs is 1. The summed E-state index contributed by atoms with van der Waals surface area (Å²) in [4.78, 5) is 42.7. The second kappa shape index (κ2) is 7.62. The predicted octanol–water partition coefficient (Wildman–Crippen LogP) is 0.854. The highest BCUT2D eigenvalue weighted by molar-refractivity contribution is 5.96. The first-order chi connectivity index (χ1) is 14.4. The smallest absolute Gasteiger partial charge is 0.326 e. The average Bonchev–Trinajstić information content (AvgIpc) is 2.71. The van der Waals surface area contributed by atoms with Crippen LogP contribution in [0.4, 0.5) is 16.3 Å². The van der Waals surface area contributed by atoms with Crippen molar-refractivity contribution in [2.75, 3.05) is 31.6 Å². The Kier molecular flexibility index (Phi) is 4.98. The summed E-state index contributed by atoms with van der Waals surface area (Å²) in [6, 6.07) is 4.85. The van der Waals surface area contributed by atoms with E-state index in [9.17, 15) is 14.4 Å². The van der Waals surface area contributed by atoms with Gasteiger partial charge in [-0.3, -0.25) is 19.6 Å². The van der Waals surface area contributed by atoms with Crippen molar-refractivity contribution in [2.24, 2.45) is 0 Å². The highest BCUT2D eigenvalue weighted by atomic mass is 16.2. The number of carbonyl (C=O) groups is 3. The van der Waals surface area contributed by atoms with Crippen LogP contribution in [0, 0.1) is 5.41 Å². The number of nitrogens with one attached hydrogen (secondary N) is 2. The van der Waals surface area contributed by atoms with Crippen molar-refractivity contribution in [1.29, 1.82) is 5.41 Å². The summed E-state index contributed by atoms with van der Waals surface area (Å²) in [5.41, 5.74) is 2.22. The van der Waals surface area contributed by atoms with Gasteiger partial charge in [0.25, 0.3) is 5.91 Å². The van der Waals surface area contributed by atoms with E-state index in [0.29, 0.717) is 18.7 Å². The molecule has 0 saturated carbocycles. The van der Waals surface area contributed by atoms with Gasteiger partial charge in [-0.1, -0.05) is 0 Å². The Labute approximate surface area is 173 Å². The third kappa shape index (κ3) is 3.30. The summed E-state index contributed by atoms with van der Waals surface area (Å²) in [5.74, 6) is 0.349. The summed E-state index contributed by atoms with van der Waals surface area (Å²) >= 11 is 0. The fourth-order valence-electron chi connectivity index (χ4n) is 3.77. The quantitative estimate of drug-likeness (QED) is 0.763. The number of anilines is 2. The molecule has 4 rings (SSSR count). The maximum atomic E-state index is 12.8. The summed E-state index contributed by atoms with van der Waals surface area (Å²) < 4.78 is 1.22. The Morgan fingerprint density at radius 2 is 1.90 bits per heavy atom. The molecule has 4 heterocycles. The van der Waals surface area contributed by atoms with Crippen LogP contribution >= 0.6 is 0 Å². The molecule has 0 radical (unpaired) electrons. The van der Waals surface area contributed by atoms with E-state index in [0.717, 1.165) is 36.5 Å². The van der Waals surface area contributed by atoms with Gasteiger partial charge in [-0.05, 0) is 30.5 Å². The molecule has 0 aliphatic carbocycles. The van der Waals surface area contributed by atoms with Crippen LogP contribution in [0.5, 0.6) is 0 Å². The molecule has 0 spiro atoms. The summed E-state index contributed by atoms with van der Waals surface area (Å²) in [7, 11) is 1.52. The predicted molar refractivity (Wildman–Crippen MR) is 108 cm³/mol. The number of carbonyl (C=O) groups excluding carboxylic acids is 3. The molecule has 30 heavy (non-hydrogen) atoms. The van der Waals surface area contributed by atoms with E-state index >= 15 is 0 Å². The molecule has 2 aromatic heterocycles. The molecule has 0 unspecified atom stereocenters. The number of nitrogens with zero attached hydrogens (tertiary/aromatic N) is 5. The molecule has 1 fully saturated rings. The Morgan fingerprint density at radius 1 is 1.13 bits per heavy atom. The van der Waals surface area contributed by atoms with Gasteiger partial charge in [-0.25, -0.2) is 19.8 Å². The lowest BCUT2D eigenvalue weighted by atomic mass is 10.0. The lowest BCUT2D eigenvalue weighted by Gasteiger charge is -2.43. The second-order valence-corrected chi connectivity index (χ2v) is 7.23. The molecule has 10 heteroatoms. The molecular formula is C20H23N7O3. The maximum absolute atomic E-state index is 12.8. The zero-order valence-corrected chi connectivity index (χ0v) is 16.9. The van der Waals surface area contributed by atoms with Crippen LogP contribution < -0.4 is 15.7 Å². The maximum Gasteiger partial charge on any atom is 0.326 e. The van der Waals surface area contributed by atoms with Gasteiger partial charge in [0.15, 0.2) is 0 Å². The van der Waals surface area contributed by atoms with Gasteiger partial charge in [0, 0.05) is 44.7 Å². The molecule has 1 saturated heterocycles. The third-order valence-corrected chi connectivity index (χ3v) is 5.37. The fraction of sp³-hybridized carbons (Fsp3) is 0.350. The topological polar surface area (TPSA) is 115 Å². The number of pyridine rings is 2. The Hall–Kier alpha value is -3.69. The van der Waals surface area contributed by atoms with Crippen molar-refractivity contribution in [2.45, 2.75) is 19.8 Å². The Balaban J connectivity index is 1.62. The molecule has 3 amide bonds. The summed E-state index contributed by atoms with van der Waals surface area (Å²) in [6.45, 7) is 3.23. The van der Waals surface area contributed by atoms with Crippen LogP contribution in [0.25, 0.3) is 0 Å². The van der Waals surface area contributed by atoms with E-state index in [1.165, 1.54) is 34.8 Å². The number of hydrogen-bond donors (Lipinski definition) is 2. The van der Waals surface area contributed by atoms with Crippen LogP contribution in [0.15, 0.2) is 30.6 Å². The molecule has 156 valence electrons. The number of aryl methyl sites for hydroxylation is 1. The van der Waals surface area contributed by atoms with E-state index in [2.05, 4.69) is 10.3 Å². The Bertz CT molecular complexity index is 1090. The van der Waals surface area contributed by atoms with Gasteiger partial charge >= 0.3 is 6.03 Å². The number of hydrogen-bond acceptors (Lipinski definition) is 6. The van der Waals surface area contributed by atoms with Crippen molar-refractivity contribution in [3.05, 3.63) is 47.2 Å². The highest BCUT2D eigenvalue weighted by Gasteiger charge is 2.33. The average molecular weight is 409 g/mol. The number of aromatic nitrogens is 2. The summed E-state index contributed by atoms with van der Waals surface area (Å²) in [6.07, 6.45) is 4.75. The van der Waals surface area contributed by atoms with Gasteiger partial charge < -0.3 is 10.2 Å². The van der Waals surface area contributed by atoms with Gasteiger partial charge in [0.1, 0.15) is 11.3 Å². The van der Waals surface area contributed by atoms with Crippen molar-refractivity contribution in [1.82, 2.24) is 24.9 Å². The van der Waals surface area contributed by atoms with Crippen LogP contribution in [0.1, 0.15) is 29.3 Å². The fourth-order valence-corrected chi connectivity index (χ4v) is 3.77. The van der Waals surface area contributed by atoms with Gasteiger partial charge in [0.05, 0.1) is 18.7 Å². The van der Waals surface area contributed by atoms with Crippen LogP contribution in [-0.2, 0) is 11.2 Å².